The third kappa shape index (κ3) is 4.33. The van der Waals surface area contributed by atoms with Gasteiger partial charge in [-0.25, -0.2) is 15.0 Å². The molecule has 2 aromatic heterocycles. The van der Waals surface area contributed by atoms with Gasteiger partial charge in [0.15, 0.2) is 23.3 Å². The number of aliphatic imine (C=N–C) groups is 2. The molecule has 202 valence electrons. The van der Waals surface area contributed by atoms with Crippen LogP contribution >= 0.6 is 11.6 Å². The van der Waals surface area contributed by atoms with Crippen molar-refractivity contribution in [3.8, 4) is 11.6 Å². The van der Waals surface area contributed by atoms with E-state index >= 15 is 0 Å². The molecule has 0 amide bonds. The van der Waals surface area contributed by atoms with Gasteiger partial charge in [0.1, 0.15) is 5.75 Å². The highest BCUT2D eigenvalue weighted by atomic mass is 35.5. The number of hydrogen-bond donors (Lipinski definition) is 1. The van der Waals surface area contributed by atoms with E-state index in [1.807, 2.05) is 91.3 Å². The average molecular weight is 560 g/mol. The van der Waals surface area contributed by atoms with Crippen molar-refractivity contribution < 1.29 is 4.74 Å². The summed E-state index contributed by atoms with van der Waals surface area (Å²) >= 11 is 6.34. The molecule has 1 N–H and O–H groups in total. The van der Waals surface area contributed by atoms with Gasteiger partial charge in [-0.3, -0.25) is 0 Å². The largest absolute Gasteiger partial charge is 0.492 e. The Morgan fingerprint density at radius 1 is 0.902 bits per heavy atom. The SMILES string of the molecule is CCOc1ccccc1NC1=Nc2ccccc2N2C1=Nc1c(c(C)nn1-c1ccccn1)[C@H]2c1ccc(Cl)cc1. The van der Waals surface area contributed by atoms with E-state index in [0.29, 0.717) is 34.9 Å². The Morgan fingerprint density at radius 3 is 2.49 bits per heavy atom. The lowest BCUT2D eigenvalue weighted by atomic mass is 9.93. The molecule has 4 heterocycles. The maximum absolute atomic E-state index is 6.34. The van der Waals surface area contributed by atoms with Gasteiger partial charge in [0.25, 0.3) is 0 Å². The number of pyridine rings is 1. The fourth-order valence-electron chi connectivity index (χ4n) is 5.38. The molecule has 0 radical (unpaired) electrons. The minimum absolute atomic E-state index is 0.247. The zero-order valence-electron chi connectivity index (χ0n) is 22.5. The van der Waals surface area contributed by atoms with Crippen LogP contribution in [-0.4, -0.2) is 33.0 Å². The molecular formula is C32H26ClN7O. The lowest BCUT2D eigenvalue weighted by Crippen LogP contribution is -2.46. The zero-order chi connectivity index (χ0) is 27.9. The molecule has 9 heteroatoms. The molecule has 5 aromatic rings. The van der Waals surface area contributed by atoms with Crippen LogP contribution in [0, 0.1) is 6.92 Å². The maximum Gasteiger partial charge on any atom is 0.179 e. The van der Waals surface area contributed by atoms with Crippen LogP contribution in [0.5, 0.6) is 5.75 Å². The number of nitrogens with one attached hydrogen (secondary N) is 1. The van der Waals surface area contributed by atoms with E-state index in [1.54, 1.807) is 6.20 Å². The quantitative estimate of drug-likeness (QED) is 0.242. The second-order valence-electron chi connectivity index (χ2n) is 9.69. The minimum atomic E-state index is -0.247. The smallest absolute Gasteiger partial charge is 0.179 e. The van der Waals surface area contributed by atoms with Crippen LogP contribution in [0.1, 0.15) is 29.8 Å². The Hall–Kier alpha value is -4.95. The summed E-state index contributed by atoms with van der Waals surface area (Å²) in [6.45, 7) is 4.53. The number of fused-ring (bicyclic) bond motifs is 4. The predicted octanol–water partition coefficient (Wildman–Crippen LogP) is 7.42. The van der Waals surface area contributed by atoms with Crippen molar-refractivity contribution in [3.63, 3.8) is 0 Å². The maximum atomic E-state index is 6.34. The molecule has 0 spiro atoms. The van der Waals surface area contributed by atoms with Gasteiger partial charge in [0.2, 0.25) is 0 Å². The Labute approximate surface area is 242 Å². The van der Waals surface area contributed by atoms with Gasteiger partial charge in [0, 0.05) is 16.8 Å². The number of aryl methyl sites for hydroxylation is 1. The minimum Gasteiger partial charge on any atom is -0.492 e. The summed E-state index contributed by atoms with van der Waals surface area (Å²) in [4.78, 5) is 17.1. The summed E-state index contributed by atoms with van der Waals surface area (Å²) in [5, 5.41) is 9.15. The molecule has 0 saturated heterocycles. The van der Waals surface area contributed by atoms with Gasteiger partial charge in [-0.2, -0.15) is 9.78 Å². The third-order valence-corrected chi connectivity index (χ3v) is 7.38. The highest BCUT2D eigenvalue weighted by Gasteiger charge is 2.41. The number of rotatable bonds is 5. The molecular weight excluding hydrogens is 534 g/mol. The van der Waals surface area contributed by atoms with Crippen LogP contribution in [0.15, 0.2) is 107 Å². The second kappa shape index (κ2) is 10.2. The summed E-state index contributed by atoms with van der Waals surface area (Å²) in [7, 11) is 0. The van der Waals surface area contributed by atoms with E-state index < -0.39 is 0 Å². The monoisotopic (exact) mass is 559 g/mol. The van der Waals surface area contributed by atoms with Crippen molar-refractivity contribution in [2.24, 2.45) is 9.98 Å². The van der Waals surface area contributed by atoms with Gasteiger partial charge in [0.05, 0.1) is 35.4 Å². The standard InChI is InChI=1S/C32H26ClN7O/c1-3-41-26-13-7-5-11-24(26)36-30-32-37-31-28(20(2)38-40(31)27-14-8-9-19-34-27)29(21-15-17-22(33)18-16-21)39(32)25-12-6-4-10-23(25)35-30/h4-19,29H,3H2,1-2H3,(H,35,36)/t29-/m1/s1. The van der Waals surface area contributed by atoms with Crippen LogP contribution in [0.3, 0.4) is 0 Å². The highest BCUT2D eigenvalue weighted by molar-refractivity contribution is 6.51. The summed E-state index contributed by atoms with van der Waals surface area (Å²) in [6.07, 6.45) is 1.76. The van der Waals surface area contributed by atoms with Gasteiger partial charge < -0.3 is 15.0 Å². The van der Waals surface area contributed by atoms with Crippen molar-refractivity contribution in [2.45, 2.75) is 19.9 Å². The predicted molar refractivity (Wildman–Crippen MR) is 164 cm³/mol. The van der Waals surface area contributed by atoms with E-state index in [4.69, 9.17) is 31.4 Å². The summed E-state index contributed by atoms with van der Waals surface area (Å²) in [5.74, 6) is 3.41. The summed E-state index contributed by atoms with van der Waals surface area (Å²) in [6, 6.07) is 29.4. The molecule has 3 aromatic carbocycles. The molecule has 0 aliphatic carbocycles. The van der Waals surface area contributed by atoms with Crippen molar-refractivity contribution in [3.05, 3.63) is 119 Å². The number of aromatic nitrogens is 3. The Balaban J connectivity index is 1.48. The number of benzene rings is 3. The molecule has 8 nitrogen and oxygen atoms in total. The molecule has 0 bridgehead atoms. The normalized spacial score (nSPS) is 15.3. The van der Waals surface area contributed by atoms with E-state index in [-0.39, 0.29) is 6.04 Å². The molecule has 2 aliphatic heterocycles. The van der Waals surface area contributed by atoms with Crippen molar-refractivity contribution in [2.75, 3.05) is 16.8 Å². The van der Waals surface area contributed by atoms with Crippen LogP contribution in [0.4, 0.5) is 22.9 Å². The Morgan fingerprint density at radius 2 is 1.68 bits per heavy atom. The first-order valence-corrected chi connectivity index (χ1v) is 13.8. The van der Waals surface area contributed by atoms with Crippen LogP contribution < -0.4 is 15.0 Å². The molecule has 41 heavy (non-hydrogen) atoms. The van der Waals surface area contributed by atoms with Crippen LogP contribution in [0.2, 0.25) is 5.02 Å². The fourth-order valence-corrected chi connectivity index (χ4v) is 5.50. The highest BCUT2D eigenvalue weighted by Crippen LogP contribution is 2.48. The van der Waals surface area contributed by atoms with Crippen molar-refractivity contribution in [1.29, 1.82) is 0 Å². The molecule has 0 fully saturated rings. The first-order valence-electron chi connectivity index (χ1n) is 13.4. The molecule has 0 unspecified atom stereocenters. The van der Waals surface area contributed by atoms with Gasteiger partial charge in [-0.15, -0.1) is 0 Å². The number of nitrogens with zero attached hydrogens (tertiary/aromatic N) is 6. The fraction of sp³-hybridized carbons (Fsp3) is 0.125. The number of anilines is 2. The van der Waals surface area contributed by atoms with E-state index in [9.17, 15) is 0 Å². The van der Waals surface area contributed by atoms with Crippen LogP contribution in [-0.2, 0) is 0 Å². The molecule has 1 atom stereocenters. The number of ether oxygens (including phenoxy) is 1. The second-order valence-corrected chi connectivity index (χ2v) is 10.1. The summed E-state index contributed by atoms with van der Waals surface area (Å²) < 4.78 is 7.73. The van der Waals surface area contributed by atoms with Gasteiger partial charge in [-0.1, -0.05) is 54.1 Å². The number of amidine groups is 2. The van der Waals surface area contributed by atoms with Crippen molar-refractivity contribution in [1.82, 2.24) is 14.8 Å². The Bertz CT molecular complexity index is 1810. The zero-order valence-corrected chi connectivity index (χ0v) is 23.2. The molecule has 0 saturated carbocycles. The first kappa shape index (κ1) is 25.0. The number of para-hydroxylation sites is 4. The van der Waals surface area contributed by atoms with Gasteiger partial charge in [-0.05, 0) is 67.9 Å². The van der Waals surface area contributed by atoms with Gasteiger partial charge >= 0.3 is 0 Å². The summed E-state index contributed by atoms with van der Waals surface area (Å²) in [5.41, 5.74) is 5.50. The third-order valence-electron chi connectivity index (χ3n) is 7.13. The lowest BCUT2D eigenvalue weighted by molar-refractivity contribution is 0.342. The van der Waals surface area contributed by atoms with E-state index in [0.717, 1.165) is 39.6 Å². The average Bonchev–Trinajstić information content (AvgIpc) is 3.34. The topological polar surface area (TPSA) is 79.9 Å². The number of hydrogen-bond acceptors (Lipinski definition) is 7. The van der Waals surface area contributed by atoms with Crippen LogP contribution in [0.25, 0.3) is 5.82 Å². The van der Waals surface area contributed by atoms with E-state index in [1.165, 1.54) is 0 Å². The van der Waals surface area contributed by atoms with Crippen molar-refractivity contribution >= 4 is 46.2 Å². The number of halogens is 1. The Kier molecular flexibility index (Phi) is 6.24. The van der Waals surface area contributed by atoms with E-state index in [2.05, 4.69) is 33.4 Å². The first-order chi connectivity index (χ1) is 20.1. The molecule has 2 aliphatic rings. The lowest BCUT2D eigenvalue weighted by Gasteiger charge is -2.40. The molecule has 7 rings (SSSR count).